The van der Waals surface area contributed by atoms with Gasteiger partial charge in [-0.05, 0) is 36.4 Å². The quantitative estimate of drug-likeness (QED) is 0.751. The van der Waals surface area contributed by atoms with Crippen molar-refractivity contribution in [3.05, 3.63) is 83.9 Å². The summed E-state index contributed by atoms with van der Waals surface area (Å²) in [6, 6.07) is 18.2. The summed E-state index contributed by atoms with van der Waals surface area (Å²) in [5, 5.41) is 15.1. The number of carbonyl (C=O) groups is 1. The molecule has 0 saturated carbocycles. The second-order valence-electron chi connectivity index (χ2n) is 5.22. The molecule has 122 valence electrons. The average Bonchev–Trinajstić information content (AvgIpc) is 2.67. The van der Waals surface area contributed by atoms with E-state index in [4.69, 9.17) is 5.26 Å². The van der Waals surface area contributed by atoms with Crippen LogP contribution in [0, 0.1) is 11.3 Å². The van der Waals surface area contributed by atoms with Gasteiger partial charge < -0.3 is 10.6 Å². The van der Waals surface area contributed by atoms with Crippen LogP contribution < -0.4 is 10.6 Å². The third-order valence-corrected chi connectivity index (χ3v) is 3.48. The van der Waals surface area contributed by atoms with Gasteiger partial charge in [0.05, 0.1) is 23.5 Å². The second-order valence-corrected chi connectivity index (χ2v) is 5.22. The van der Waals surface area contributed by atoms with Gasteiger partial charge in [0.1, 0.15) is 11.8 Å². The third-order valence-electron chi connectivity index (χ3n) is 3.48. The normalized spacial score (nSPS) is 9.88. The van der Waals surface area contributed by atoms with Crippen molar-refractivity contribution in [1.29, 1.82) is 5.26 Å². The van der Waals surface area contributed by atoms with E-state index in [1.165, 1.54) is 0 Å². The summed E-state index contributed by atoms with van der Waals surface area (Å²) in [6.45, 7) is 0.330. The highest BCUT2D eigenvalue weighted by atomic mass is 16.1. The minimum atomic E-state index is -0.289. The lowest BCUT2D eigenvalue weighted by Gasteiger charge is -2.09. The lowest BCUT2D eigenvalue weighted by Crippen LogP contribution is -2.24. The number of aromatic nitrogens is 2. The van der Waals surface area contributed by atoms with Crippen LogP contribution in [0.1, 0.15) is 21.7 Å². The van der Waals surface area contributed by atoms with Crippen LogP contribution in [-0.2, 0) is 6.54 Å². The van der Waals surface area contributed by atoms with E-state index in [0.29, 0.717) is 23.5 Å². The number of nitrogens with zero attached hydrogens (tertiary/aromatic N) is 3. The van der Waals surface area contributed by atoms with Gasteiger partial charge in [-0.2, -0.15) is 5.26 Å². The maximum absolute atomic E-state index is 12.3. The standard InChI is InChI=1S/C19H15N5O/c20-12-14-5-1-2-7-17(14)24-15-8-10-22-18(11-15)19(25)23-13-16-6-3-4-9-21-16/h1-11H,13H2,(H,22,24)(H,23,25). The smallest absolute Gasteiger partial charge is 0.270 e. The van der Waals surface area contributed by atoms with Crippen LogP contribution in [0.15, 0.2) is 67.0 Å². The molecule has 1 aromatic carbocycles. The number of nitriles is 1. The molecule has 0 aliphatic heterocycles. The van der Waals surface area contributed by atoms with E-state index in [0.717, 1.165) is 5.69 Å². The molecule has 0 unspecified atom stereocenters. The van der Waals surface area contributed by atoms with E-state index >= 15 is 0 Å². The summed E-state index contributed by atoms with van der Waals surface area (Å²) in [5.41, 5.74) is 2.95. The maximum Gasteiger partial charge on any atom is 0.270 e. The molecule has 6 nitrogen and oxygen atoms in total. The van der Waals surface area contributed by atoms with Crippen molar-refractivity contribution < 1.29 is 4.79 Å². The van der Waals surface area contributed by atoms with Crippen LogP contribution in [0.3, 0.4) is 0 Å². The van der Waals surface area contributed by atoms with Gasteiger partial charge in [-0.1, -0.05) is 18.2 Å². The summed E-state index contributed by atoms with van der Waals surface area (Å²) < 4.78 is 0. The minimum absolute atomic E-state index is 0.287. The molecule has 0 aliphatic rings. The van der Waals surface area contributed by atoms with Crippen LogP contribution in [0.25, 0.3) is 0 Å². The highest BCUT2D eigenvalue weighted by Gasteiger charge is 2.09. The minimum Gasteiger partial charge on any atom is -0.354 e. The van der Waals surface area contributed by atoms with Crippen molar-refractivity contribution in [2.75, 3.05) is 5.32 Å². The zero-order valence-electron chi connectivity index (χ0n) is 13.3. The largest absolute Gasteiger partial charge is 0.354 e. The Hall–Kier alpha value is -3.72. The number of carbonyl (C=O) groups excluding carboxylic acids is 1. The SMILES string of the molecule is N#Cc1ccccc1Nc1ccnc(C(=O)NCc2ccccn2)c1. The Labute approximate surface area is 145 Å². The number of para-hydroxylation sites is 1. The van der Waals surface area contributed by atoms with Gasteiger partial charge in [-0.15, -0.1) is 0 Å². The number of hydrogen-bond donors (Lipinski definition) is 2. The highest BCUT2D eigenvalue weighted by molar-refractivity contribution is 5.93. The molecule has 3 aromatic rings. The average molecular weight is 329 g/mol. The van der Waals surface area contributed by atoms with Gasteiger partial charge in [0.15, 0.2) is 0 Å². The van der Waals surface area contributed by atoms with Crippen molar-refractivity contribution >= 4 is 17.3 Å². The van der Waals surface area contributed by atoms with E-state index in [-0.39, 0.29) is 11.6 Å². The van der Waals surface area contributed by atoms with Gasteiger partial charge in [-0.25, -0.2) is 0 Å². The van der Waals surface area contributed by atoms with Gasteiger partial charge >= 0.3 is 0 Å². The zero-order valence-corrected chi connectivity index (χ0v) is 13.3. The fraction of sp³-hybridized carbons (Fsp3) is 0.0526. The maximum atomic E-state index is 12.3. The van der Waals surface area contributed by atoms with Gasteiger partial charge in [0, 0.05) is 18.1 Å². The molecule has 3 rings (SSSR count). The number of nitrogens with one attached hydrogen (secondary N) is 2. The Kier molecular flexibility index (Phi) is 4.98. The Bertz CT molecular complexity index is 918. The molecular weight excluding hydrogens is 314 g/mol. The van der Waals surface area contributed by atoms with Crippen molar-refractivity contribution in [2.45, 2.75) is 6.54 Å². The molecule has 2 N–H and O–H groups in total. The van der Waals surface area contributed by atoms with Crippen LogP contribution in [0.4, 0.5) is 11.4 Å². The Morgan fingerprint density at radius 2 is 1.88 bits per heavy atom. The van der Waals surface area contributed by atoms with Crippen molar-refractivity contribution in [3.63, 3.8) is 0 Å². The molecular formula is C19H15N5O. The van der Waals surface area contributed by atoms with Crippen molar-refractivity contribution in [2.24, 2.45) is 0 Å². The van der Waals surface area contributed by atoms with Crippen LogP contribution >= 0.6 is 0 Å². The van der Waals surface area contributed by atoms with E-state index in [1.807, 2.05) is 24.3 Å². The molecule has 0 saturated heterocycles. The number of pyridine rings is 2. The molecule has 0 aliphatic carbocycles. The lowest BCUT2D eigenvalue weighted by molar-refractivity contribution is 0.0945. The molecule has 0 fully saturated rings. The predicted octanol–water partition coefficient (Wildman–Crippen LogP) is 3.02. The summed E-state index contributed by atoms with van der Waals surface area (Å²) in [5.74, 6) is -0.289. The zero-order chi connectivity index (χ0) is 17.5. The predicted molar refractivity (Wildman–Crippen MR) is 94.1 cm³/mol. The first kappa shape index (κ1) is 16.1. The number of hydrogen-bond acceptors (Lipinski definition) is 5. The first-order valence-electron chi connectivity index (χ1n) is 7.66. The number of amides is 1. The molecule has 0 bridgehead atoms. The molecule has 6 heteroatoms. The van der Waals surface area contributed by atoms with Crippen LogP contribution in [0.5, 0.6) is 0 Å². The van der Waals surface area contributed by atoms with Crippen molar-refractivity contribution in [3.8, 4) is 6.07 Å². The van der Waals surface area contributed by atoms with E-state index in [1.54, 1.807) is 42.7 Å². The molecule has 0 radical (unpaired) electrons. The topological polar surface area (TPSA) is 90.7 Å². The van der Waals surface area contributed by atoms with Gasteiger partial charge in [0.25, 0.3) is 5.91 Å². The molecule has 0 spiro atoms. The van der Waals surface area contributed by atoms with E-state index in [9.17, 15) is 4.79 Å². The summed E-state index contributed by atoms with van der Waals surface area (Å²) in [7, 11) is 0. The summed E-state index contributed by atoms with van der Waals surface area (Å²) in [4.78, 5) is 20.5. The molecule has 1 amide bonds. The molecule has 0 atom stereocenters. The van der Waals surface area contributed by atoms with Gasteiger partial charge in [-0.3, -0.25) is 14.8 Å². The van der Waals surface area contributed by atoms with Crippen LogP contribution in [0.2, 0.25) is 0 Å². The monoisotopic (exact) mass is 329 g/mol. The number of rotatable bonds is 5. The fourth-order valence-electron chi connectivity index (χ4n) is 2.24. The molecule has 2 heterocycles. The van der Waals surface area contributed by atoms with Crippen molar-refractivity contribution in [1.82, 2.24) is 15.3 Å². The summed E-state index contributed by atoms with van der Waals surface area (Å²) >= 11 is 0. The highest BCUT2D eigenvalue weighted by Crippen LogP contribution is 2.20. The third kappa shape index (κ3) is 4.18. The lowest BCUT2D eigenvalue weighted by atomic mass is 10.2. The van der Waals surface area contributed by atoms with E-state index in [2.05, 4.69) is 26.7 Å². The molecule has 2 aromatic heterocycles. The van der Waals surface area contributed by atoms with E-state index < -0.39 is 0 Å². The Morgan fingerprint density at radius 3 is 2.68 bits per heavy atom. The fourth-order valence-corrected chi connectivity index (χ4v) is 2.24. The van der Waals surface area contributed by atoms with Crippen LogP contribution in [-0.4, -0.2) is 15.9 Å². The number of anilines is 2. The first-order valence-corrected chi connectivity index (χ1v) is 7.66. The summed E-state index contributed by atoms with van der Waals surface area (Å²) in [6.07, 6.45) is 3.23. The first-order chi connectivity index (χ1) is 12.3. The second kappa shape index (κ2) is 7.70. The number of benzene rings is 1. The Morgan fingerprint density at radius 1 is 1.04 bits per heavy atom. The molecule has 25 heavy (non-hydrogen) atoms. The Balaban J connectivity index is 1.71. The van der Waals surface area contributed by atoms with Gasteiger partial charge in [0.2, 0.25) is 0 Å².